The highest BCUT2D eigenvalue weighted by molar-refractivity contribution is 7.80. The van der Waals surface area contributed by atoms with Crippen LogP contribution in [0.15, 0.2) is 23.4 Å². The summed E-state index contributed by atoms with van der Waals surface area (Å²) < 4.78 is 4.44. The minimum atomic E-state index is -0.599. The van der Waals surface area contributed by atoms with Gasteiger partial charge in [-0.2, -0.15) is 0 Å². The third kappa shape index (κ3) is 2.02. The molecule has 0 radical (unpaired) electrons. The van der Waals surface area contributed by atoms with E-state index in [9.17, 15) is 14.9 Å². The number of methoxy groups -OCH3 is 1. The van der Waals surface area contributed by atoms with Gasteiger partial charge in [-0.05, 0) is 0 Å². The zero-order chi connectivity index (χ0) is 10.7. The van der Waals surface area contributed by atoms with Gasteiger partial charge in [0, 0.05) is 12.5 Å². The van der Waals surface area contributed by atoms with Crippen molar-refractivity contribution in [3.05, 3.63) is 33.5 Å². The molecule has 0 amide bonds. The monoisotopic (exact) mass is 213 g/mol. The zero-order valence-corrected chi connectivity index (χ0v) is 8.17. The lowest BCUT2D eigenvalue weighted by Gasteiger charge is -2.06. The molecule has 0 saturated carbocycles. The van der Waals surface area contributed by atoms with Crippen LogP contribution in [0.4, 0.5) is 0 Å². The molecule has 0 aromatic heterocycles. The standard InChI is InChI=1S/C8H7NO4S/c1-13-8(10)5-2-3-7(14)6(4-5)9(11)12/h2,4H,3H2,1H3. The topological polar surface area (TPSA) is 69.4 Å². The number of ether oxygens (including phenoxy) is 1. The van der Waals surface area contributed by atoms with Gasteiger partial charge >= 0.3 is 5.97 Å². The van der Waals surface area contributed by atoms with Crippen LogP contribution in [0.2, 0.25) is 0 Å². The number of esters is 1. The van der Waals surface area contributed by atoms with Crippen molar-refractivity contribution >= 4 is 23.1 Å². The fourth-order valence-electron chi connectivity index (χ4n) is 1.01. The van der Waals surface area contributed by atoms with Gasteiger partial charge in [-0.15, -0.1) is 0 Å². The maximum Gasteiger partial charge on any atom is 0.337 e. The maximum absolute atomic E-state index is 11.0. The normalized spacial score (nSPS) is 15.6. The van der Waals surface area contributed by atoms with Crippen LogP contribution in [0.1, 0.15) is 6.42 Å². The average Bonchev–Trinajstić information content (AvgIpc) is 2.17. The summed E-state index contributed by atoms with van der Waals surface area (Å²) >= 11 is 4.77. The van der Waals surface area contributed by atoms with Gasteiger partial charge in [-0.25, -0.2) is 4.79 Å². The van der Waals surface area contributed by atoms with Crippen LogP contribution in [0.3, 0.4) is 0 Å². The third-order valence-corrected chi connectivity index (χ3v) is 2.08. The molecular weight excluding hydrogens is 206 g/mol. The van der Waals surface area contributed by atoms with Crippen molar-refractivity contribution in [3.63, 3.8) is 0 Å². The van der Waals surface area contributed by atoms with Crippen molar-refractivity contribution < 1.29 is 14.5 Å². The molecular formula is C8H7NO4S. The van der Waals surface area contributed by atoms with Crippen molar-refractivity contribution in [3.8, 4) is 0 Å². The van der Waals surface area contributed by atoms with Gasteiger partial charge in [0.05, 0.1) is 22.5 Å². The molecule has 0 unspecified atom stereocenters. The first kappa shape index (κ1) is 10.5. The number of carbonyl (C=O) groups is 1. The molecule has 1 aliphatic rings. The number of nitrogens with zero attached hydrogens (tertiary/aromatic N) is 1. The molecule has 0 aromatic rings. The van der Waals surface area contributed by atoms with E-state index in [4.69, 9.17) is 12.2 Å². The second-order valence-corrected chi connectivity index (χ2v) is 3.06. The summed E-state index contributed by atoms with van der Waals surface area (Å²) in [5.74, 6) is -0.591. The summed E-state index contributed by atoms with van der Waals surface area (Å²) in [6, 6.07) is 0. The Hall–Kier alpha value is -1.56. The first-order chi connectivity index (χ1) is 6.56. The number of carbonyl (C=O) groups excluding carboxylic acids is 1. The summed E-state index contributed by atoms with van der Waals surface area (Å²) in [5, 5.41) is 10.5. The van der Waals surface area contributed by atoms with E-state index in [1.165, 1.54) is 13.2 Å². The Kier molecular flexibility index (Phi) is 3.08. The molecule has 14 heavy (non-hydrogen) atoms. The predicted molar refractivity (Wildman–Crippen MR) is 52.4 cm³/mol. The van der Waals surface area contributed by atoms with E-state index < -0.39 is 10.9 Å². The minimum Gasteiger partial charge on any atom is -0.465 e. The highest BCUT2D eigenvalue weighted by atomic mass is 32.1. The average molecular weight is 213 g/mol. The lowest BCUT2D eigenvalue weighted by molar-refractivity contribution is -0.415. The molecule has 0 saturated heterocycles. The molecule has 0 atom stereocenters. The quantitative estimate of drug-likeness (QED) is 0.296. The van der Waals surface area contributed by atoms with E-state index >= 15 is 0 Å². The Morgan fingerprint density at radius 1 is 1.71 bits per heavy atom. The van der Waals surface area contributed by atoms with E-state index in [2.05, 4.69) is 4.74 Å². The number of thiocarbonyl (C=S) groups is 1. The highest BCUT2D eigenvalue weighted by Crippen LogP contribution is 2.16. The lowest BCUT2D eigenvalue weighted by Crippen LogP contribution is -2.15. The molecule has 0 fully saturated rings. The predicted octanol–water partition coefficient (Wildman–Crippen LogP) is 1.02. The summed E-state index contributed by atoms with van der Waals surface area (Å²) in [4.78, 5) is 21.2. The Balaban J connectivity index is 3.00. The molecule has 1 rings (SSSR count). The van der Waals surface area contributed by atoms with Crippen LogP contribution in [-0.2, 0) is 9.53 Å². The lowest BCUT2D eigenvalue weighted by atomic mass is 10.0. The zero-order valence-electron chi connectivity index (χ0n) is 7.35. The summed E-state index contributed by atoms with van der Waals surface area (Å²) in [6.45, 7) is 0. The van der Waals surface area contributed by atoms with E-state index in [0.29, 0.717) is 0 Å². The van der Waals surface area contributed by atoms with Crippen molar-refractivity contribution in [1.82, 2.24) is 0 Å². The number of hydrogen-bond acceptors (Lipinski definition) is 5. The molecule has 74 valence electrons. The molecule has 0 bridgehead atoms. The Morgan fingerprint density at radius 3 is 2.86 bits per heavy atom. The highest BCUT2D eigenvalue weighted by Gasteiger charge is 2.23. The van der Waals surface area contributed by atoms with Gasteiger partial charge in [-0.1, -0.05) is 18.3 Å². The minimum absolute atomic E-state index is 0.174. The van der Waals surface area contributed by atoms with E-state index in [1.54, 1.807) is 0 Å². The first-order valence-corrected chi connectivity index (χ1v) is 4.15. The molecule has 6 heteroatoms. The summed E-state index contributed by atoms with van der Waals surface area (Å²) in [6.07, 6.45) is 2.88. The number of hydrogen-bond donors (Lipinski definition) is 0. The van der Waals surface area contributed by atoms with Gasteiger partial charge in [0.2, 0.25) is 0 Å². The first-order valence-electron chi connectivity index (χ1n) is 3.74. The fraction of sp³-hybridized carbons (Fsp3) is 0.250. The van der Waals surface area contributed by atoms with Crippen molar-refractivity contribution in [2.75, 3.05) is 7.11 Å². The summed E-state index contributed by atoms with van der Waals surface area (Å²) in [5.41, 5.74) is -0.0318. The fourth-order valence-corrected chi connectivity index (χ4v) is 1.23. The van der Waals surface area contributed by atoms with Gasteiger partial charge in [-0.3, -0.25) is 10.1 Å². The van der Waals surface area contributed by atoms with E-state index in [1.807, 2.05) is 0 Å². The Morgan fingerprint density at radius 2 is 2.36 bits per heavy atom. The van der Waals surface area contributed by atoms with Crippen LogP contribution in [0.25, 0.3) is 0 Å². The van der Waals surface area contributed by atoms with Crippen molar-refractivity contribution in [2.24, 2.45) is 0 Å². The van der Waals surface area contributed by atoms with E-state index in [-0.39, 0.29) is 22.6 Å². The van der Waals surface area contributed by atoms with Gasteiger partial charge < -0.3 is 4.74 Å². The molecule has 1 aliphatic carbocycles. The Labute approximate surface area is 85.2 Å². The number of allylic oxidation sites excluding steroid dienone is 2. The molecule has 0 aliphatic heterocycles. The maximum atomic E-state index is 11.0. The van der Waals surface area contributed by atoms with Crippen LogP contribution in [0, 0.1) is 10.1 Å². The molecule has 0 aromatic carbocycles. The number of nitro groups is 1. The summed E-state index contributed by atoms with van der Waals surface area (Å²) in [7, 11) is 1.22. The Bertz CT molecular complexity index is 370. The van der Waals surface area contributed by atoms with Crippen LogP contribution >= 0.6 is 12.2 Å². The second-order valence-electron chi connectivity index (χ2n) is 2.57. The van der Waals surface area contributed by atoms with Gasteiger partial charge in [0.25, 0.3) is 5.70 Å². The SMILES string of the molecule is COC(=O)C1=CCC(=S)C([N+](=O)[O-])=C1. The molecule has 0 spiro atoms. The molecule has 0 heterocycles. The van der Waals surface area contributed by atoms with Crippen LogP contribution in [-0.4, -0.2) is 22.9 Å². The van der Waals surface area contributed by atoms with Crippen LogP contribution in [0.5, 0.6) is 0 Å². The number of rotatable bonds is 2. The van der Waals surface area contributed by atoms with Crippen molar-refractivity contribution in [2.45, 2.75) is 6.42 Å². The largest absolute Gasteiger partial charge is 0.465 e. The van der Waals surface area contributed by atoms with Crippen LogP contribution < -0.4 is 0 Å². The second kappa shape index (κ2) is 4.10. The van der Waals surface area contributed by atoms with Gasteiger partial charge in [0.1, 0.15) is 0 Å². The molecule has 0 N–H and O–H groups in total. The third-order valence-electron chi connectivity index (χ3n) is 1.70. The van der Waals surface area contributed by atoms with E-state index in [0.717, 1.165) is 6.08 Å². The smallest absolute Gasteiger partial charge is 0.337 e. The van der Waals surface area contributed by atoms with Gasteiger partial charge in [0.15, 0.2) is 0 Å². The van der Waals surface area contributed by atoms with Crippen molar-refractivity contribution in [1.29, 1.82) is 0 Å². The molecule has 5 nitrogen and oxygen atoms in total.